The van der Waals surface area contributed by atoms with Crippen molar-refractivity contribution in [1.29, 1.82) is 0 Å². The molecule has 1 fully saturated rings. The molecule has 8 heteroatoms. The number of hydrogen-bond donors (Lipinski definition) is 2. The molecule has 0 amide bonds. The number of sulfonamides is 1. The molecule has 0 unspecified atom stereocenters. The van der Waals surface area contributed by atoms with Crippen LogP contribution >= 0.6 is 11.8 Å². The zero-order valence-electron chi connectivity index (χ0n) is 11.3. The first-order chi connectivity index (χ1) is 10.1. The fraction of sp³-hybridized carbons (Fsp3) is 0.308. The number of pyridine rings is 1. The molecule has 112 valence electrons. The maximum absolute atomic E-state index is 12.6. The first kappa shape index (κ1) is 14.6. The molecule has 2 heterocycles. The smallest absolute Gasteiger partial charge is 0.243 e. The van der Waals surface area contributed by atoms with Crippen molar-refractivity contribution in [2.75, 3.05) is 30.0 Å². The number of hydrazine groups is 1. The average Bonchev–Trinajstić information content (AvgIpc) is 2.54. The fourth-order valence-electron chi connectivity index (χ4n) is 2.28. The first-order valence-corrected chi connectivity index (χ1v) is 9.16. The first-order valence-electron chi connectivity index (χ1n) is 6.56. The van der Waals surface area contributed by atoms with Crippen LogP contribution in [0.15, 0.2) is 35.2 Å². The third-order valence-corrected chi connectivity index (χ3v) is 6.25. The normalized spacial score (nSPS) is 17.0. The van der Waals surface area contributed by atoms with Crippen LogP contribution in [0.1, 0.15) is 0 Å². The number of aromatic nitrogens is 1. The van der Waals surface area contributed by atoms with Crippen molar-refractivity contribution in [3.63, 3.8) is 0 Å². The highest BCUT2D eigenvalue weighted by Gasteiger charge is 2.26. The highest BCUT2D eigenvalue weighted by Crippen LogP contribution is 2.24. The van der Waals surface area contributed by atoms with Crippen molar-refractivity contribution >= 4 is 38.5 Å². The van der Waals surface area contributed by atoms with Crippen molar-refractivity contribution < 1.29 is 8.42 Å². The molecule has 1 aromatic carbocycles. The largest absolute Gasteiger partial charge is 0.308 e. The van der Waals surface area contributed by atoms with E-state index >= 15 is 0 Å². The number of rotatable bonds is 3. The summed E-state index contributed by atoms with van der Waals surface area (Å²) in [4.78, 5) is 4.60. The van der Waals surface area contributed by atoms with E-state index < -0.39 is 10.0 Å². The number of anilines is 1. The van der Waals surface area contributed by atoms with Crippen LogP contribution in [0.5, 0.6) is 0 Å². The van der Waals surface area contributed by atoms with E-state index in [1.165, 1.54) is 0 Å². The lowest BCUT2D eigenvalue weighted by atomic mass is 10.2. The molecule has 0 radical (unpaired) electrons. The molecule has 0 atom stereocenters. The average molecular weight is 324 g/mol. The molecule has 1 aromatic heterocycles. The molecule has 2 aromatic rings. The van der Waals surface area contributed by atoms with Crippen LogP contribution in [-0.4, -0.2) is 42.3 Å². The van der Waals surface area contributed by atoms with Crippen molar-refractivity contribution in [2.24, 2.45) is 5.84 Å². The van der Waals surface area contributed by atoms with Gasteiger partial charge in [0.15, 0.2) is 0 Å². The van der Waals surface area contributed by atoms with Gasteiger partial charge in [0.2, 0.25) is 10.0 Å². The predicted octanol–water partition coefficient (Wildman–Crippen LogP) is 1.26. The molecule has 3 N–H and O–H groups in total. The molecule has 0 saturated carbocycles. The van der Waals surface area contributed by atoms with Crippen LogP contribution in [0.4, 0.5) is 5.82 Å². The van der Waals surface area contributed by atoms with Gasteiger partial charge in [-0.2, -0.15) is 16.1 Å². The molecule has 1 aliphatic heterocycles. The molecule has 0 spiro atoms. The number of fused-ring (bicyclic) bond motifs is 1. The predicted molar refractivity (Wildman–Crippen MR) is 85.6 cm³/mol. The van der Waals surface area contributed by atoms with Crippen LogP contribution < -0.4 is 11.3 Å². The van der Waals surface area contributed by atoms with E-state index in [0.717, 1.165) is 16.9 Å². The molecule has 6 nitrogen and oxygen atoms in total. The van der Waals surface area contributed by atoms with E-state index in [2.05, 4.69) is 10.4 Å². The Kier molecular flexibility index (Phi) is 4.03. The topological polar surface area (TPSA) is 88.3 Å². The Hall–Kier alpha value is -1.35. The third kappa shape index (κ3) is 2.84. The van der Waals surface area contributed by atoms with Gasteiger partial charge in [0, 0.05) is 30.0 Å². The lowest BCUT2D eigenvalue weighted by molar-refractivity contribution is 0.443. The minimum atomic E-state index is -3.42. The second-order valence-electron chi connectivity index (χ2n) is 4.71. The Balaban J connectivity index is 2.00. The SMILES string of the molecule is NNc1ccc2cc(S(=O)(=O)N3CCSCC3)ccc2n1. The minimum Gasteiger partial charge on any atom is -0.308 e. The maximum Gasteiger partial charge on any atom is 0.243 e. The van der Waals surface area contributed by atoms with Crippen molar-refractivity contribution in [3.8, 4) is 0 Å². The zero-order chi connectivity index (χ0) is 14.9. The summed E-state index contributed by atoms with van der Waals surface area (Å²) in [6, 6.07) is 8.51. The summed E-state index contributed by atoms with van der Waals surface area (Å²) in [6.45, 7) is 1.14. The number of nitrogens with zero attached hydrogens (tertiary/aromatic N) is 2. The van der Waals surface area contributed by atoms with Gasteiger partial charge in [-0.25, -0.2) is 19.2 Å². The molecular formula is C13H16N4O2S2. The van der Waals surface area contributed by atoms with Gasteiger partial charge in [0.1, 0.15) is 5.82 Å². The standard InChI is InChI=1S/C13H16N4O2S2/c14-16-13-4-1-10-9-11(2-3-12(10)15-13)21(18,19)17-5-7-20-8-6-17/h1-4,9H,5-8,14H2,(H,15,16). The van der Waals surface area contributed by atoms with E-state index in [0.29, 0.717) is 29.3 Å². The Morgan fingerprint density at radius 1 is 1.19 bits per heavy atom. The van der Waals surface area contributed by atoms with Crippen LogP contribution in [0.3, 0.4) is 0 Å². The Bertz CT molecular complexity index is 758. The van der Waals surface area contributed by atoms with Gasteiger partial charge in [0.05, 0.1) is 10.4 Å². The number of benzene rings is 1. The number of nitrogens with two attached hydrogens (primary N) is 1. The van der Waals surface area contributed by atoms with Crippen LogP contribution in [-0.2, 0) is 10.0 Å². The van der Waals surface area contributed by atoms with Crippen LogP contribution in [0.2, 0.25) is 0 Å². The van der Waals surface area contributed by atoms with Gasteiger partial charge >= 0.3 is 0 Å². The second kappa shape index (κ2) is 5.80. The maximum atomic E-state index is 12.6. The monoisotopic (exact) mass is 324 g/mol. The van der Waals surface area contributed by atoms with E-state index in [9.17, 15) is 8.42 Å². The van der Waals surface area contributed by atoms with Gasteiger partial charge in [-0.15, -0.1) is 0 Å². The van der Waals surface area contributed by atoms with Crippen molar-refractivity contribution in [3.05, 3.63) is 30.3 Å². The molecule has 1 aliphatic rings. The van der Waals surface area contributed by atoms with Crippen molar-refractivity contribution in [2.45, 2.75) is 4.90 Å². The van der Waals surface area contributed by atoms with E-state index in [1.807, 2.05) is 6.07 Å². The minimum absolute atomic E-state index is 0.317. The summed E-state index contributed by atoms with van der Waals surface area (Å²) in [7, 11) is -3.42. The molecule has 3 rings (SSSR count). The van der Waals surface area contributed by atoms with Gasteiger partial charge in [-0.05, 0) is 30.3 Å². The Labute approximate surface area is 127 Å². The third-order valence-electron chi connectivity index (χ3n) is 3.42. The number of nitrogens with one attached hydrogen (secondary N) is 1. The van der Waals surface area contributed by atoms with Crippen molar-refractivity contribution in [1.82, 2.24) is 9.29 Å². The lowest BCUT2D eigenvalue weighted by Crippen LogP contribution is -2.37. The lowest BCUT2D eigenvalue weighted by Gasteiger charge is -2.25. The van der Waals surface area contributed by atoms with E-state index in [-0.39, 0.29) is 0 Å². The summed E-state index contributed by atoms with van der Waals surface area (Å²) in [6.07, 6.45) is 0. The van der Waals surface area contributed by atoms with E-state index in [1.54, 1.807) is 40.3 Å². The summed E-state index contributed by atoms with van der Waals surface area (Å²) < 4.78 is 26.8. The number of hydrogen-bond acceptors (Lipinski definition) is 6. The summed E-state index contributed by atoms with van der Waals surface area (Å²) in [5.41, 5.74) is 3.18. The molecule has 0 aliphatic carbocycles. The fourth-order valence-corrected chi connectivity index (χ4v) is 4.89. The zero-order valence-corrected chi connectivity index (χ0v) is 13.0. The molecule has 1 saturated heterocycles. The Morgan fingerprint density at radius 3 is 2.67 bits per heavy atom. The van der Waals surface area contributed by atoms with Gasteiger partial charge in [-0.1, -0.05) is 0 Å². The second-order valence-corrected chi connectivity index (χ2v) is 7.87. The number of thioether (sulfide) groups is 1. The summed E-state index contributed by atoms with van der Waals surface area (Å²) in [5.74, 6) is 7.56. The Morgan fingerprint density at radius 2 is 1.95 bits per heavy atom. The van der Waals surface area contributed by atoms with Gasteiger partial charge < -0.3 is 5.43 Å². The van der Waals surface area contributed by atoms with Crippen LogP contribution in [0.25, 0.3) is 10.9 Å². The summed E-state index contributed by atoms with van der Waals surface area (Å²) in [5, 5.41) is 0.779. The molecular weight excluding hydrogens is 308 g/mol. The van der Waals surface area contributed by atoms with Gasteiger partial charge in [0.25, 0.3) is 0 Å². The molecule has 0 bridgehead atoms. The quantitative estimate of drug-likeness (QED) is 0.653. The highest BCUT2D eigenvalue weighted by molar-refractivity contribution is 7.99. The van der Waals surface area contributed by atoms with Gasteiger partial charge in [-0.3, -0.25) is 0 Å². The molecule has 21 heavy (non-hydrogen) atoms. The van der Waals surface area contributed by atoms with Crippen LogP contribution in [0, 0.1) is 0 Å². The van der Waals surface area contributed by atoms with E-state index in [4.69, 9.17) is 5.84 Å². The highest BCUT2D eigenvalue weighted by atomic mass is 32.2. The summed E-state index contributed by atoms with van der Waals surface area (Å²) >= 11 is 1.78. The number of nitrogen functional groups attached to an aromatic ring is 1.